The van der Waals surface area contributed by atoms with Gasteiger partial charge in [0.2, 0.25) is 0 Å². The number of carbonyl (C=O) groups is 3. The molecule has 13 heteroatoms. The number of esters is 2. The SMILES string of the molecule is CCCC(=O)OC1COC(OC2C(O)COC(O[C@H]3C[C@H]4[C@@H]5CC=C6C[C@@H](O)CC[C@]6(C)C5CC[C@]4(C)[C@@]3(O)[C@H](C)C(=O)CCC(C)C)C2C)C(OC(=O)c2ccc(C)cc2)C1O. The highest BCUT2D eigenvalue weighted by Gasteiger charge is 2.70. The molecule has 0 bridgehead atoms. The van der Waals surface area contributed by atoms with Crippen LogP contribution in [0.25, 0.3) is 0 Å². The maximum absolute atomic E-state index is 14.2. The number of carbonyl (C=O) groups excluding carboxylic acids is 3. The fraction of sp³-hybridized carbons (Fsp3) is 0.780. The first-order valence-corrected chi connectivity index (χ1v) is 23.8. The maximum atomic E-state index is 14.2. The van der Waals surface area contributed by atoms with Gasteiger partial charge in [0, 0.05) is 30.1 Å². The van der Waals surface area contributed by atoms with Gasteiger partial charge in [-0.15, -0.1) is 0 Å². The normalized spacial score (nSPS) is 41.7. The van der Waals surface area contributed by atoms with Crippen LogP contribution in [0.5, 0.6) is 0 Å². The summed E-state index contributed by atoms with van der Waals surface area (Å²) in [6, 6.07) is 6.75. The summed E-state index contributed by atoms with van der Waals surface area (Å²) in [7, 11) is 0. The van der Waals surface area contributed by atoms with Gasteiger partial charge in [-0.3, -0.25) is 9.59 Å². The largest absolute Gasteiger partial charge is 0.457 e. The van der Waals surface area contributed by atoms with Crippen molar-refractivity contribution in [3.05, 3.63) is 47.0 Å². The second kappa shape index (κ2) is 19.2. The van der Waals surface area contributed by atoms with Gasteiger partial charge in [-0.05, 0) is 106 Å². The molecule has 0 radical (unpaired) electrons. The molecular formula is C50H74O13. The zero-order valence-corrected chi connectivity index (χ0v) is 38.7. The Labute approximate surface area is 373 Å². The van der Waals surface area contributed by atoms with E-state index in [1.807, 2.05) is 20.8 Å². The Bertz CT molecular complexity index is 1810. The number of hydrogen-bond donors (Lipinski definition) is 4. The standard InChI is InChI=1S/C50H74O13/c1-9-10-41(54)60-39-26-59-47(44(42(39)55)62-45(56)31-14-12-28(4)13-15-31)63-43-29(5)46(58-25-38(43)53)61-40-24-36-34-17-16-32-23-33(51)19-21-48(32,7)35(34)20-22-49(36,8)50(40,57)30(6)37(52)18-11-27(2)3/h12-16,27,29-30,33-36,38-40,42-44,46-47,51,53,55,57H,9-11,17-26H2,1-8H3/t29?,30-,33+,34-,35?,36+,38?,39?,40+,42?,43?,44?,46?,47?,48+,49+,50-/m1/s1. The molecule has 2 aliphatic heterocycles. The Morgan fingerprint density at radius 1 is 0.889 bits per heavy atom. The third-order valence-corrected chi connectivity index (χ3v) is 16.5. The number of aliphatic hydroxyl groups is 4. The van der Waals surface area contributed by atoms with Gasteiger partial charge in [-0.25, -0.2) is 4.79 Å². The number of ketones is 1. The molecule has 63 heavy (non-hydrogen) atoms. The van der Waals surface area contributed by atoms with Crippen molar-refractivity contribution < 1.29 is 63.2 Å². The van der Waals surface area contributed by atoms with E-state index >= 15 is 0 Å². The van der Waals surface area contributed by atoms with Gasteiger partial charge in [0.05, 0.1) is 37.1 Å². The molecule has 3 saturated carbocycles. The minimum atomic E-state index is -1.53. The van der Waals surface area contributed by atoms with Crippen LogP contribution in [-0.4, -0.2) is 112 Å². The number of fused-ring (bicyclic) bond motifs is 5. The van der Waals surface area contributed by atoms with Crippen LogP contribution in [0.3, 0.4) is 0 Å². The molecule has 5 fully saturated rings. The predicted molar refractivity (Wildman–Crippen MR) is 232 cm³/mol. The molecule has 352 valence electrons. The average Bonchev–Trinajstić information content (AvgIpc) is 3.47. The number of aliphatic hydroxyl groups excluding tert-OH is 3. The molecule has 4 aliphatic carbocycles. The highest BCUT2D eigenvalue weighted by atomic mass is 16.7. The number of Topliss-reactive ketones (excluding diaryl/α,β-unsaturated/α-hetero) is 1. The van der Waals surface area contributed by atoms with E-state index in [9.17, 15) is 34.8 Å². The lowest BCUT2D eigenvalue weighted by Gasteiger charge is -2.59. The Morgan fingerprint density at radius 3 is 2.30 bits per heavy atom. The highest BCUT2D eigenvalue weighted by molar-refractivity contribution is 5.89. The van der Waals surface area contributed by atoms with E-state index < -0.39 is 84.0 Å². The highest BCUT2D eigenvalue weighted by Crippen LogP contribution is 2.69. The van der Waals surface area contributed by atoms with Crippen molar-refractivity contribution >= 4 is 17.7 Å². The molecular weight excluding hydrogens is 809 g/mol. The number of ether oxygens (including phenoxy) is 6. The summed E-state index contributed by atoms with van der Waals surface area (Å²) in [4.78, 5) is 40.1. The van der Waals surface area contributed by atoms with Gasteiger partial charge in [0.25, 0.3) is 0 Å². The van der Waals surface area contributed by atoms with Crippen LogP contribution in [0.1, 0.15) is 135 Å². The first kappa shape index (κ1) is 48.2. The topological polar surface area (TPSA) is 188 Å². The molecule has 17 atom stereocenters. The molecule has 1 aromatic carbocycles. The summed E-state index contributed by atoms with van der Waals surface area (Å²) in [5.74, 6) is -1.65. The average molecular weight is 883 g/mol. The molecule has 4 N–H and O–H groups in total. The Morgan fingerprint density at radius 2 is 1.60 bits per heavy atom. The Hall–Kier alpha value is -2.75. The predicted octanol–water partition coefficient (Wildman–Crippen LogP) is 6.38. The van der Waals surface area contributed by atoms with Crippen LogP contribution >= 0.6 is 0 Å². The van der Waals surface area contributed by atoms with Crippen molar-refractivity contribution in [2.75, 3.05) is 13.2 Å². The zero-order valence-electron chi connectivity index (χ0n) is 38.7. The molecule has 6 aliphatic rings. The summed E-state index contributed by atoms with van der Waals surface area (Å²) >= 11 is 0. The summed E-state index contributed by atoms with van der Waals surface area (Å²) in [6.07, 6.45) is -0.221. The summed E-state index contributed by atoms with van der Waals surface area (Å²) in [6.45, 7) is 15.7. The van der Waals surface area contributed by atoms with Gasteiger partial charge >= 0.3 is 11.9 Å². The lowest BCUT2D eigenvalue weighted by molar-refractivity contribution is -0.333. The van der Waals surface area contributed by atoms with Crippen LogP contribution in [0.4, 0.5) is 0 Å². The van der Waals surface area contributed by atoms with Crippen LogP contribution < -0.4 is 0 Å². The van der Waals surface area contributed by atoms with E-state index in [1.165, 1.54) is 5.57 Å². The number of benzene rings is 1. The van der Waals surface area contributed by atoms with Crippen molar-refractivity contribution in [2.24, 2.45) is 46.3 Å². The zero-order chi connectivity index (χ0) is 45.6. The molecule has 0 aromatic heterocycles. The fourth-order valence-electron chi connectivity index (χ4n) is 12.6. The molecule has 0 spiro atoms. The third kappa shape index (κ3) is 9.20. The van der Waals surface area contributed by atoms with Gasteiger partial charge in [0.1, 0.15) is 23.6 Å². The van der Waals surface area contributed by atoms with Crippen LogP contribution in [0, 0.1) is 53.3 Å². The van der Waals surface area contributed by atoms with Gasteiger partial charge < -0.3 is 48.8 Å². The maximum Gasteiger partial charge on any atom is 0.338 e. The second-order valence-electron chi connectivity index (χ2n) is 20.9. The van der Waals surface area contributed by atoms with E-state index in [2.05, 4.69) is 33.8 Å². The minimum Gasteiger partial charge on any atom is -0.457 e. The molecule has 9 unspecified atom stereocenters. The Balaban J connectivity index is 1.14. The molecule has 7 rings (SSSR count). The lowest BCUT2D eigenvalue weighted by Crippen LogP contribution is -2.62. The smallest absolute Gasteiger partial charge is 0.338 e. The van der Waals surface area contributed by atoms with Gasteiger partial charge in [-0.1, -0.05) is 77.8 Å². The van der Waals surface area contributed by atoms with Crippen molar-refractivity contribution in [3.63, 3.8) is 0 Å². The summed E-state index contributed by atoms with van der Waals surface area (Å²) < 4.78 is 37.2. The third-order valence-electron chi connectivity index (χ3n) is 16.5. The minimum absolute atomic E-state index is 0.00927. The summed E-state index contributed by atoms with van der Waals surface area (Å²) in [5.41, 5.74) is 0.328. The molecule has 1 aromatic rings. The first-order valence-electron chi connectivity index (χ1n) is 23.8. The molecule has 13 nitrogen and oxygen atoms in total. The lowest BCUT2D eigenvalue weighted by atomic mass is 9.46. The fourth-order valence-corrected chi connectivity index (χ4v) is 12.6. The van der Waals surface area contributed by atoms with Crippen molar-refractivity contribution in [1.82, 2.24) is 0 Å². The number of aryl methyl sites for hydroxylation is 1. The van der Waals surface area contributed by atoms with Crippen LogP contribution in [0.15, 0.2) is 35.9 Å². The second-order valence-corrected chi connectivity index (χ2v) is 20.9. The number of rotatable bonds is 14. The van der Waals surface area contributed by atoms with E-state index in [0.717, 1.165) is 37.7 Å². The quantitative estimate of drug-likeness (QED) is 0.119. The van der Waals surface area contributed by atoms with Crippen molar-refractivity contribution in [3.8, 4) is 0 Å². The molecule has 2 heterocycles. The molecule has 2 saturated heterocycles. The van der Waals surface area contributed by atoms with Crippen LogP contribution in [0.2, 0.25) is 0 Å². The van der Waals surface area contributed by atoms with E-state index in [-0.39, 0.29) is 54.3 Å². The van der Waals surface area contributed by atoms with Crippen molar-refractivity contribution in [2.45, 2.75) is 187 Å². The van der Waals surface area contributed by atoms with Gasteiger partial charge in [0.15, 0.2) is 24.8 Å². The van der Waals surface area contributed by atoms with Crippen LogP contribution in [-0.2, 0) is 38.0 Å². The monoisotopic (exact) mass is 883 g/mol. The van der Waals surface area contributed by atoms with E-state index in [0.29, 0.717) is 43.9 Å². The van der Waals surface area contributed by atoms with Gasteiger partial charge in [-0.2, -0.15) is 0 Å². The number of allylic oxidation sites excluding steroid dienone is 1. The number of hydrogen-bond acceptors (Lipinski definition) is 13. The first-order chi connectivity index (χ1) is 29.8. The van der Waals surface area contributed by atoms with Crippen molar-refractivity contribution in [1.29, 1.82) is 0 Å². The van der Waals surface area contributed by atoms with E-state index in [1.54, 1.807) is 31.2 Å². The molecule has 0 amide bonds. The summed E-state index contributed by atoms with van der Waals surface area (Å²) in [5, 5.41) is 47.1. The Kier molecular flexibility index (Phi) is 14.7. The van der Waals surface area contributed by atoms with E-state index in [4.69, 9.17) is 28.4 Å².